The third kappa shape index (κ3) is 5.33. The molecule has 0 fully saturated rings. The number of nitrogens with zero attached hydrogens (tertiary/aromatic N) is 1. The SMILES string of the molecule is [2H]c1c([2H])c([2H])c(N(c2ccc3c(c2)C(c2ccccc2)(c2ccccc2)c2ccc4ccccc4c2-3)c2ccc3c(c2)C(c2ccccc2)(c2ccccc2)c2ccc4ccccc4c2-3)c([2H])c1[2H]. The van der Waals surface area contributed by atoms with Gasteiger partial charge in [0.05, 0.1) is 17.7 Å². The topological polar surface area (TPSA) is 3.24 Å². The summed E-state index contributed by atoms with van der Waals surface area (Å²) < 4.78 is 46.2. The Kier molecular flexibility index (Phi) is 7.31. The minimum atomic E-state index is -0.783. The summed E-state index contributed by atoms with van der Waals surface area (Å²) in [6, 6.07) is 79.8. The molecule has 0 radical (unpaired) electrons. The van der Waals surface area contributed by atoms with E-state index in [-0.39, 0.29) is 17.8 Å². The molecule has 13 rings (SSSR count). The van der Waals surface area contributed by atoms with Crippen LogP contribution in [-0.4, -0.2) is 0 Å². The van der Waals surface area contributed by atoms with Crippen molar-refractivity contribution in [3.63, 3.8) is 0 Å². The van der Waals surface area contributed by atoms with E-state index in [9.17, 15) is 2.74 Å². The number of anilines is 3. The summed E-state index contributed by atoms with van der Waals surface area (Å²) in [4.78, 5) is 1.91. The van der Waals surface area contributed by atoms with Gasteiger partial charge in [-0.15, -0.1) is 0 Å². The maximum atomic E-state index is 9.64. The molecule has 0 saturated heterocycles. The molecule has 2 aliphatic carbocycles. The van der Waals surface area contributed by atoms with Gasteiger partial charge in [0.1, 0.15) is 0 Å². The second-order valence-corrected chi connectivity index (χ2v) is 17.2. The Morgan fingerprint density at radius 2 is 0.677 bits per heavy atom. The highest BCUT2D eigenvalue weighted by atomic mass is 15.1. The van der Waals surface area contributed by atoms with E-state index in [0.717, 1.165) is 88.3 Å². The number of benzene rings is 11. The molecule has 0 bridgehead atoms. The van der Waals surface area contributed by atoms with Crippen LogP contribution in [0.4, 0.5) is 17.1 Å². The smallest absolute Gasteiger partial charge is 0.0714 e. The monoisotopic (exact) mass is 830 g/mol. The van der Waals surface area contributed by atoms with Crippen molar-refractivity contribution in [1.29, 1.82) is 0 Å². The van der Waals surface area contributed by atoms with Crippen molar-refractivity contribution in [2.24, 2.45) is 0 Å². The second kappa shape index (κ2) is 14.7. The molecule has 1 heteroatoms. The van der Waals surface area contributed by atoms with Gasteiger partial charge in [-0.1, -0.05) is 224 Å². The van der Waals surface area contributed by atoms with Crippen LogP contribution in [0.1, 0.15) is 51.4 Å². The van der Waals surface area contributed by atoms with Gasteiger partial charge in [0.15, 0.2) is 0 Å². The zero-order valence-electron chi connectivity index (χ0n) is 40.4. The highest BCUT2D eigenvalue weighted by Gasteiger charge is 2.49. The molecule has 11 aromatic carbocycles. The van der Waals surface area contributed by atoms with Crippen LogP contribution in [0.25, 0.3) is 43.8 Å². The van der Waals surface area contributed by atoms with Crippen LogP contribution in [0.3, 0.4) is 0 Å². The lowest BCUT2D eigenvalue weighted by atomic mass is 9.67. The Morgan fingerprint density at radius 1 is 0.308 bits per heavy atom. The molecule has 11 aromatic rings. The molecule has 65 heavy (non-hydrogen) atoms. The van der Waals surface area contributed by atoms with E-state index in [4.69, 9.17) is 4.11 Å². The lowest BCUT2D eigenvalue weighted by Crippen LogP contribution is -2.29. The molecule has 0 heterocycles. The van der Waals surface area contributed by atoms with Crippen LogP contribution >= 0.6 is 0 Å². The second-order valence-electron chi connectivity index (χ2n) is 17.2. The first-order valence-electron chi connectivity index (χ1n) is 24.8. The van der Waals surface area contributed by atoms with Gasteiger partial charge in [0.25, 0.3) is 0 Å². The van der Waals surface area contributed by atoms with Gasteiger partial charge < -0.3 is 4.90 Å². The molecule has 0 aromatic heterocycles. The maximum Gasteiger partial charge on any atom is 0.0714 e. The summed E-state index contributed by atoms with van der Waals surface area (Å²) in [6.07, 6.45) is 0. The van der Waals surface area contributed by atoms with E-state index in [0.29, 0.717) is 11.4 Å². The molecule has 0 unspecified atom stereocenters. The highest BCUT2D eigenvalue weighted by Crippen LogP contribution is 2.61. The van der Waals surface area contributed by atoms with E-state index in [1.165, 1.54) is 0 Å². The van der Waals surface area contributed by atoms with E-state index in [1.807, 2.05) is 4.90 Å². The normalized spacial score (nSPS) is 14.9. The zero-order chi connectivity index (χ0) is 47.3. The van der Waals surface area contributed by atoms with Crippen molar-refractivity contribution in [2.45, 2.75) is 10.8 Å². The van der Waals surface area contributed by atoms with Crippen LogP contribution in [0, 0.1) is 0 Å². The Labute approximate surface area is 387 Å². The molecular weight excluding hydrogens is 783 g/mol. The maximum absolute atomic E-state index is 9.64. The molecule has 0 atom stereocenters. The van der Waals surface area contributed by atoms with Gasteiger partial charge in [-0.2, -0.15) is 0 Å². The number of hydrogen-bond acceptors (Lipinski definition) is 1. The van der Waals surface area contributed by atoms with E-state index in [2.05, 4.69) is 231 Å². The van der Waals surface area contributed by atoms with Crippen LogP contribution in [-0.2, 0) is 10.8 Å². The Morgan fingerprint density at radius 3 is 1.08 bits per heavy atom. The predicted molar refractivity (Wildman–Crippen MR) is 271 cm³/mol. The van der Waals surface area contributed by atoms with Crippen LogP contribution in [0.15, 0.2) is 261 Å². The van der Waals surface area contributed by atoms with Gasteiger partial charge in [-0.05, 0) is 125 Å². The Bertz CT molecular complexity index is 3560. The minimum absolute atomic E-state index is 0.0721. The first-order chi connectivity index (χ1) is 34.3. The quantitative estimate of drug-likeness (QED) is 0.155. The van der Waals surface area contributed by atoms with Crippen molar-refractivity contribution >= 4 is 38.6 Å². The fourth-order valence-corrected chi connectivity index (χ4v) is 11.5. The summed E-state index contributed by atoms with van der Waals surface area (Å²) >= 11 is 0. The van der Waals surface area contributed by atoms with Crippen molar-refractivity contribution in [2.75, 3.05) is 4.90 Å². The summed E-state index contributed by atoms with van der Waals surface area (Å²) in [5.74, 6) is 0. The van der Waals surface area contributed by atoms with Gasteiger partial charge in [-0.25, -0.2) is 0 Å². The van der Waals surface area contributed by atoms with Crippen molar-refractivity contribution in [3.8, 4) is 22.3 Å². The van der Waals surface area contributed by atoms with Gasteiger partial charge >= 0.3 is 0 Å². The molecule has 1 nitrogen and oxygen atoms in total. The van der Waals surface area contributed by atoms with E-state index >= 15 is 0 Å². The highest BCUT2D eigenvalue weighted by molar-refractivity contribution is 6.06. The third-order valence-corrected chi connectivity index (χ3v) is 14.1. The van der Waals surface area contributed by atoms with E-state index < -0.39 is 29.0 Å². The van der Waals surface area contributed by atoms with Crippen LogP contribution in [0.5, 0.6) is 0 Å². The fourth-order valence-electron chi connectivity index (χ4n) is 11.5. The fraction of sp³-hybridized carbons (Fsp3) is 0.0312. The van der Waals surface area contributed by atoms with Crippen molar-refractivity contribution in [1.82, 2.24) is 0 Å². The summed E-state index contributed by atoms with van der Waals surface area (Å²) in [6.45, 7) is 0. The Hall–Kier alpha value is -8.26. The molecule has 304 valence electrons. The van der Waals surface area contributed by atoms with E-state index in [1.54, 1.807) is 0 Å². The largest absolute Gasteiger partial charge is 0.310 e. The van der Waals surface area contributed by atoms with Crippen LogP contribution < -0.4 is 4.90 Å². The lowest BCUT2D eigenvalue weighted by Gasteiger charge is -2.36. The Balaban J connectivity index is 1.15. The van der Waals surface area contributed by atoms with Gasteiger partial charge in [-0.3, -0.25) is 0 Å². The third-order valence-electron chi connectivity index (χ3n) is 14.1. The van der Waals surface area contributed by atoms with Crippen LogP contribution in [0.2, 0.25) is 0 Å². The molecular formula is C64H43N. The molecule has 0 spiro atoms. The number of para-hydroxylation sites is 1. The first kappa shape index (κ1) is 32.4. The lowest BCUT2D eigenvalue weighted by molar-refractivity contribution is 0.768. The van der Waals surface area contributed by atoms with Gasteiger partial charge in [0, 0.05) is 17.1 Å². The number of rotatable bonds is 7. The molecule has 0 aliphatic heterocycles. The minimum Gasteiger partial charge on any atom is -0.310 e. The van der Waals surface area contributed by atoms with Gasteiger partial charge in [0.2, 0.25) is 0 Å². The molecule has 0 saturated carbocycles. The van der Waals surface area contributed by atoms with Crippen molar-refractivity contribution < 1.29 is 6.85 Å². The average molecular weight is 831 g/mol. The standard InChI is InChI=1S/C64H43N/c1-6-22-46(23-7-1)63(47-24-8-2-9-25-47)57-40-34-44-20-16-18-32-53(44)61(57)55-38-36-51(42-59(55)63)65(50-30-14-5-15-31-50)52-37-39-56-60(43-52)64(48-26-10-3-11-27-48,49-28-12-4-13-29-49)58-41-35-45-21-17-19-33-54(45)62(56)58/h1-43H/i5D,14D,15D,30D,31D. The number of hydrogen-bond donors (Lipinski definition) is 0. The number of fused-ring (bicyclic) bond motifs is 10. The summed E-state index contributed by atoms with van der Waals surface area (Å²) in [5.41, 5.74) is 13.1. The zero-order valence-corrected chi connectivity index (χ0v) is 35.4. The first-order valence-corrected chi connectivity index (χ1v) is 22.3. The molecule has 0 amide bonds. The summed E-state index contributed by atoms with van der Waals surface area (Å²) in [5, 5.41) is 4.57. The molecule has 2 aliphatic rings. The summed E-state index contributed by atoms with van der Waals surface area (Å²) in [7, 11) is 0. The average Bonchev–Trinajstić information content (AvgIpc) is 3.90. The van der Waals surface area contributed by atoms with Crippen molar-refractivity contribution in [3.05, 3.63) is 305 Å². The predicted octanol–water partition coefficient (Wildman–Crippen LogP) is 16.2. The molecule has 0 N–H and O–H groups in total.